The molecular weight excluding hydrogens is 320 g/mol. The first-order valence-corrected chi connectivity index (χ1v) is 7.02. The minimum absolute atomic E-state index is 0.0822. The largest absolute Gasteiger partial charge is 0.493 e. The summed E-state index contributed by atoms with van der Waals surface area (Å²) in [6, 6.07) is 5.85. The van der Waals surface area contributed by atoms with Crippen molar-refractivity contribution in [3.05, 3.63) is 58.7 Å². The highest BCUT2D eigenvalue weighted by atomic mass is 19.1. The highest BCUT2D eigenvalue weighted by molar-refractivity contribution is 6.22. The van der Waals surface area contributed by atoms with Gasteiger partial charge in [-0.15, -0.1) is 0 Å². The van der Waals surface area contributed by atoms with Crippen LogP contribution in [0.4, 0.5) is 8.78 Å². The summed E-state index contributed by atoms with van der Waals surface area (Å²) in [5.41, 5.74) is 0.418. The van der Waals surface area contributed by atoms with E-state index in [2.05, 4.69) is 0 Å². The lowest BCUT2D eigenvalue weighted by Crippen LogP contribution is -2.29. The van der Waals surface area contributed by atoms with Gasteiger partial charge in [-0.3, -0.25) is 14.5 Å². The van der Waals surface area contributed by atoms with Crippen LogP contribution in [0.3, 0.4) is 0 Å². The molecule has 7 heteroatoms. The molecule has 0 unspecified atom stereocenters. The molecule has 5 nitrogen and oxygen atoms in total. The molecule has 24 heavy (non-hydrogen) atoms. The van der Waals surface area contributed by atoms with Gasteiger partial charge in [-0.25, -0.2) is 8.78 Å². The Bertz CT molecular complexity index is 830. The van der Waals surface area contributed by atoms with Crippen LogP contribution in [0.25, 0.3) is 0 Å². The Morgan fingerprint density at radius 1 is 0.958 bits per heavy atom. The molecule has 0 aliphatic carbocycles. The molecule has 1 heterocycles. The number of nitrogens with zero attached hydrogens (tertiary/aromatic N) is 1. The highest BCUT2D eigenvalue weighted by Crippen LogP contribution is 2.38. The Labute approximate surface area is 136 Å². The summed E-state index contributed by atoms with van der Waals surface area (Å²) in [5, 5.41) is 0. The number of halogens is 2. The molecule has 0 saturated carbocycles. The first kappa shape index (κ1) is 15.9. The third kappa shape index (κ3) is 2.47. The zero-order valence-electron chi connectivity index (χ0n) is 12.9. The second-order valence-electron chi connectivity index (χ2n) is 5.20. The molecule has 1 aliphatic rings. The predicted molar refractivity (Wildman–Crippen MR) is 80.1 cm³/mol. The van der Waals surface area contributed by atoms with Crippen molar-refractivity contribution in [2.24, 2.45) is 0 Å². The van der Waals surface area contributed by atoms with Crippen LogP contribution in [0.15, 0.2) is 30.3 Å². The Balaban J connectivity index is 2.01. The van der Waals surface area contributed by atoms with Crippen LogP contribution in [0.5, 0.6) is 11.5 Å². The molecule has 0 aromatic heterocycles. The van der Waals surface area contributed by atoms with Crippen molar-refractivity contribution >= 4 is 11.8 Å². The summed E-state index contributed by atoms with van der Waals surface area (Å²) in [7, 11) is 2.78. The van der Waals surface area contributed by atoms with E-state index in [4.69, 9.17) is 9.47 Å². The lowest BCUT2D eigenvalue weighted by molar-refractivity contribution is 0.0641. The van der Waals surface area contributed by atoms with Gasteiger partial charge in [-0.2, -0.15) is 0 Å². The maximum atomic E-state index is 13.3. The second-order valence-corrected chi connectivity index (χ2v) is 5.20. The second kappa shape index (κ2) is 5.92. The summed E-state index contributed by atoms with van der Waals surface area (Å²) in [6.07, 6.45) is 0. The highest BCUT2D eigenvalue weighted by Gasteiger charge is 2.39. The van der Waals surface area contributed by atoms with Gasteiger partial charge in [-0.1, -0.05) is 0 Å². The number of ether oxygens (including phenoxy) is 2. The van der Waals surface area contributed by atoms with Gasteiger partial charge in [-0.05, 0) is 29.8 Å². The molecule has 0 atom stereocenters. The fourth-order valence-corrected chi connectivity index (χ4v) is 2.72. The quantitative estimate of drug-likeness (QED) is 0.808. The number of hydrogen-bond acceptors (Lipinski definition) is 4. The Kier molecular flexibility index (Phi) is 3.92. The molecule has 2 amide bonds. The standard InChI is InChI=1S/C17H13F2NO4/c1-23-13-4-3-12-14(15(13)24-2)17(22)20(16(12)21)8-9-5-10(18)7-11(19)6-9/h3-7H,8H2,1-2H3. The maximum Gasteiger partial charge on any atom is 0.265 e. The Morgan fingerprint density at radius 2 is 1.62 bits per heavy atom. The zero-order valence-corrected chi connectivity index (χ0v) is 12.9. The lowest BCUT2D eigenvalue weighted by Gasteiger charge is -2.14. The van der Waals surface area contributed by atoms with Crippen LogP contribution in [0.1, 0.15) is 26.3 Å². The SMILES string of the molecule is COc1ccc2c(c1OC)C(=O)N(Cc1cc(F)cc(F)c1)C2=O. The van der Waals surface area contributed by atoms with Crippen LogP contribution >= 0.6 is 0 Å². The number of amides is 2. The molecule has 0 saturated heterocycles. The van der Waals surface area contributed by atoms with Crippen molar-refractivity contribution < 1.29 is 27.8 Å². The third-order valence-corrected chi connectivity index (χ3v) is 3.74. The first-order chi connectivity index (χ1) is 11.5. The summed E-state index contributed by atoms with van der Waals surface area (Å²) in [4.78, 5) is 26.0. The van der Waals surface area contributed by atoms with E-state index in [1.807, 2.05) is 0 Å². The molecule has 2 aromatic carbocycles. The minimum atomic E-state index is -0.777. The van der Waals surface area contributed by atoms with Crippen molar-refractivity contribution in [3.63, 3.8) is 0 Å². The number of hydrogen-bond donors (Lipinski definition) is 0. The molecule has 124 valence electrons. The smallest absolute Gasteiger partial charge is 0.265 e. The molecule has 0 N–H and O–H groups in total. The van der Waals surface area contributed by atoms with Gasteiger partial charge in [0.2, 0.25) is 0 Å². The first-order valence-electron chi connectivity index (χ1n) is 7.02. The summed E-state index contributed by atoms with van der Waals surface area (Å²) >= 11 is 0. The minimum Gasteiger partial charge on any atom is -0.493 e. The number of benzene rings is 2. The maximum absolute atomic E-state index is 13.3. The van der Waals surface area contributed by atoms with Crippen molar-refractivity contribution in [2.75, 3.05) is 14.2 Å². The van der Waals surface area contributed by atoms with Gasteiger partial charge in [0.05, 0.1) is 31.9 Å². The number of carbonyl (C=O) groups is 2. The Morgan fingerprint density at radius 3 is 2.21 bits per heavy atom. The molecule has 2 aromatic rings. The van der Waals surface area contributed by atoms with Gasteiger partial charge in [0.15, 0.2) is 11.5 Å². The Hall–Kier alpha value is -2.96. The summed E-state index contributed by atoms with van der Waals surface area (Å²) in [6.45, 7) is -0.244. The molecule has 3 rings (SSSR count). The molecule has 0 fully saturated rings. The third-order valence-electron chi connectivity index (χ3n) is 3.74. The van der Waals surface area contributed by atoms with Crippen molar-refractivity contribution in [1.82, 2.24) is 4.90 Å². The van der Waals surface area contributed by atoms with Crippen molar-refractivity contribution in [3.8, 4) is 11.5 Å². The lowest BCUT2D eigenvalue weighted by atomic mass is 10.1. The van der Waals surface area contributed by atoms with Crippen molar-refractivity contribution in [1.29, 1.82) is 0 Å². The fraction of sp³-hybridized carbons (Fsp3) is 0.176. The van der Waals surface area contributed by atoms with E-state index in [0.717, 1.165) is 23.1 Å². The zero-order chi connectivity index (χ0) is 17.4. The van der Waals surface area contributed by atoms with Crippen molar-refractivity contribution in [2.45, 2.75) is 6.54 Å². The van der Waals surface area contributed by atoms with E-state index >= 15 is 0 Å². The normalized spacial score (nSPS) is 13.2. The fourth-order valence-electron chi connectivity index (χ4n) is 2.72. The van der Waals surface area contributed by atoms with Crippen LogP contribution < -0.4 is 9.47 Å². The monoisotopic (exact) mass is 333 g/mol. The van der Waals surface area contributed by atoms with Crippen LogP contribution in [-0.4, -0.2) is 30.9 Å². The number of rotatable bonds is 4. The molecule has 0 radical (unpaired) electrons. The van der Waals surface area contributed by atoms with E-state index in [1.54, 1.807) is 0 Å². The average molecular weight is 333 g/mol. The number of imide groups is 1. The van der Waals surface area contributed by atoms with Crippen LogP contribution in [-0.2, 0) is 6.54 Å². The van der Waals surface area contributed by atoms with E-state index in [-0.39, 0.29) is 29.0 Å². The van der Waals surface area contributed by atoms with E-state index in [0.29, 0.717) is 5.75 Å². The number of fused-ring (bicyclic) bond motifs is 1. The van der Waals surface area contributed by atoms with Gasteiger partial charge >= 0.3 is 0 Å². The number of methoxy groups -OCH3 is 2. The van der Waals surface area contributed by atoms with Crippen LogP contribution in [0.2, 0.25) is 0 Å². The summed E-state index contributed by atoms with van der Waals surface area (Å²) in [5.74, 6) is -2.24. The van der Waals surface area contributed by atoms with E-state index < -0.39 is 23.4 Å². The van der Waals surface area contributed by atoms with Gasteiger partial charge in [0.1, 0.15) is 11.6 Å². The molecule has 1 aliphatic heterocycles. The van der Waals surface area contributed by atoms with Crippen LogP contribution in [0, 0.1) is 11.6 Å². The van der Waals surface area contributed by atoms with E-state index in [9.17, 15) is 18.4 Å². The average Bonchev–Trinajstić information content (AvgIpc) is 2.78. The van der Waals surface area contributed by atoms with E-state index in [1.165, 1.54) is 26.4 Å². The number of carbonyl (C=O) groups excluding carboxylic acids is 2. The van der Waals surface area contributed by atoms with Gasteiger partial charge in [0, 0.05) is 6.07 Å². The predicted octanol–water partition coefficient (Wildman–Crippen LogP) is 2.78. The molecule has 0 spiro atoms. The summed E-state index contributed by atoms with van der Waals surface area (Å²) < 4.78 is 36.9. The van der Waals surface area contributed by atoms with Gasteiger partial charge in [0.25, 0.3) is 11.8 Å². The molecular formula is C17H13F2NO4. The van der Waals surface area contributed by atoms with Gasteiger partial charge < -0.3 is 9.47 Å². The topological polar surface area (TPSA) is 55.8 Å². The molecule has 0 bridgehead atoms.